The minimum Gasteiger partial charge on any atom is -0.343 e. The fourth-order valence-corrected chi connectivity index (χ4v) is 3.88. The molecular formula is C17H23FN6O2S2. The van der Waals surface area contributed by atoms with Gasteiger partial charge in [-0.15, -0.1) is 10.2 Å². The number of para-hydroxylation sites is 1. The number of nitrogens with two attached hydrogens (primary N) is 1. The summed E-state index contributed by atoms with van der Waals surface area (Å²) in [6.07, 6.45) is 0.161. The number of hydrogen-bond acceptors (Lipinski definition) is 7. The summed E-state index contributed by atoms with van der Waals surface area (Å²) in [6.45, 7) is 5.16. The van der Waals surface area contributed by atoms with E-state index in [-0.39, 0.29) is 29.7 Å². The third-order valence-electron chi connectivity index (χ3n) is 3.78. The van der Waals surface area contributed by atoms with Crippen LogP contribution >= 0.6 is 23.5 Å². The fourth-order valence-electron chi connectivity index (χ4n) is 2.26. The van der Waals surface area contributed by atoms with E-state index < -0.39 is 5.82 Å². The molecule has 0 aliphatic carbocycles. The standard InChI is InChI=1S/C17H23FN6O2S2/c1-3-23(4-2)15(26)11-28-17-22-21-16(24(17)19)27-10-9-14(25)20-13-8-6-5-7-12(13)18/h5-8H,3-4,9-11,19H2,1-2H3,(H,20,25). The van der Waals surface area contributed by atoms with Crippen LogP contribution in [0.3, 0.4) is 0 Å². The highest BCUT2D eigenvalue weighted by Crippen LogP contribution is 2.22. The van der Waals surface area contributed by atoms with Crippen LogP contribution in [0.25, 0.3) is 0 Å². The first-order valence-electron chi connectivity index (χ1n) is 8.74. The molecule has 0 atom stereocenters. The van der Waals surface area contributed by atoms with E-state index in [2.05, 4.69) is 15.5 Å². The van der Waals surface area contributed by atoms with Crippen molar-refractivity contribution in [1.29, 1.82) is 0 Å². The van der Waals surface area contributed by atoms with Gasteiger partial charge in [0.1, 0.15) is 5.82 Å². The molecule has 2 amide bonds. The Bertz CT molecular complexity index is 813. The summed E-state index contributed by atoms with van der Waals surface area (Å²) in [5.41, 5.74) is 0.149. The molecule has 8 nitrogen and oxygen atoms in total. The van der Waals surface area contributed by atoms with Crippen molar-refractivity contribution in [3.05, 3.63) is 30.1 Å². The quantitative estimate of drug-likeness (QED) is 0.443. The average Bonchev–Trinajstić information content (AvgIpc) is 3.03. The number of benzene rings is 1. The molecule has 0 unspecified atom stereocenters. The summed E-state index contributed by atoms with van der Waals surface area (Å²) < 4.78 is 14.8. The molecule has 1 aromatic heterocycles. The molecule has 3 N–H and O–H groups in total. The van der Waals surface area contributed by atoms with Crippen LogP contribution in [0.15, 0.2) is 34.6 Å². The minimum absolute atomic E-state index is 0.0111. The number of amides is 2. The van der Waals surface area contributed by atoms with Crippen molar-refractivity contribution in [2.24, 2.45) is 0 Å². The number of thioether (sulfide) groups is 2. The first kappa shape index (κ1) is 22.0. The lowest BCUT2D eigenvalue weighted by Crippen LogP contribution is -2.32. The molecule has 0 saturated carbocycles. The molecule has 1 aromatic carbocycles. The summed E-state index contributed by atoms with van der Waals surface area (Å²) in [6, 6.07) is 5.99. The van der Waals surface area contributed by atoms with E-state index in [9.17, 15) is 14.0 Å². The summed E-state index contributed by atoms with van der Waals surface area (Å²) in [4.78, 5) is 25.7. The van der Waals surface area contributed by atoms with Crippen molar-refractivity contribution in [1.82, 2.24) is 19.8 Å². The molecule has 152 valence electrons. The number of nitrogen functional groups attached to an aromatic ring is 1. The number of hydrogen-bond donors (Lipinski definition) is 2. The second-order valence-corrected chi connectivity index (χ2v) is 7.62. The van der Waals surface area contributed by atoms with Gasteiger partial charge >= 0.3 is 0 Å². The number of nitrogens with zero attached hydrogens (tertiary/aromatic N) is 4. The molecule has 2 aromatic rings. The van der Waals surface area contributed by atoms with Gasteiger partial charge in [0.2, 0.25) is 22.1 Å². The Morgan fingerprint density at radius 3 is 2.46 bits per heavy atom. The SMILES string of the molecule is CCN(CC)C(=O)CSc1nnc(SCCC(=O)Nc2ccccc2F)n1N. The first-order valence-corrected chi connectivity index (χ1v) is 10.7. The Hall–Kier alpha value is -2.27. The molecule has 0 bridgehead atoms. The van der Waals surface area contributed by atoms with Crippen molar-refractivity contribution in [3.8, 4) is 0 Å². The Morgan fingerprint density at radius 2 is 1.82 bits per heavy atom. The van der Waals surface area contributed by atoms with E-state index in [1.165, 1.54) is 40.3 Å². The van der Waals surface area contributed by atoms with E-state index in [0.29, 0.717) is 29.2 Å². The highest BCUT2D eigenvalue weighted by molar-refractivity contribution is 8.00. The van der Waals surface area contributed by atoms with Gasteiger partial charge in [-0.05, 0) is 26.0 Å². The highest BCUT2D eigenvalue weighted by atomic mass is 32.2. The predicted molar refractivity (Wildman–Crippen MR) is 109 cm³/mol. The van der Waals surface area contributed by atoms with Crippen molar-refractivity contribution < 1.29 is 14.0 Å². The molecule has 0 spiro atoms. The van der Waals surface area contributed by atoms with Crippen LogP contribution in [0.2, 0.25) is 0 Å². The zero-order valence-corrected chi connectivity index (χ0v) is 17.4. The van der Waals surface area contributed by atoms with Gasteiger partial charge in [-0.3, -0.25) is 9.59 Å². The summed E-state index contributed by atoms with van der Waals surface area (Å²) in [5, 5.41) is 11.4. The Kier molecular flexibility index (Phi) is 8.58. The van der Waals surface area contributed by atoms with Gasteiger partial charge in [0, 0.05) is 25.3 Å². The predicted octanol–water partition coefficient (Wildman–Crippen LogP) is 2.21. The molecule has 0 aliphatic rings. The van der Waals surface area contributed by atoms with Crippen LogP contribution in [0.4, 0.5) is 10.1 Å². The third kappa shape index (κ3) is 6.13. The van der Waals surface area contributed by atoms with Gasteiger partial charge in [-0.1, -0.05) is 35.7 Å². The van der Waals surface area contributed by atoms with Crippen LogP contribution in [-0.4, -0.2) is 56.2 Å². The molecule has 0 saturated heterocycles. The lowest BCUT2D eigenvalue weighted by Gasteiger charge is -2.17. The van der Waals surface area contributed by atoms with Crippen molar-refractivity contribution in [2.45, 2.75) is 30.6 Å². The highest BCUT2D eigenvalue weighted by Gasteiger charge is 2.15. The van der Waals surface area contributed by atoms with E-state index in [0.717, 1.165) is 0 Å². The van der Waals surface area contributed by atoms with Gasteiger partial charge in [0.25, 0.3) is 0 Å². The number of nitrogens with one attached hydrogen (secondary N) is 1. The third-order valence-corrected chi connectivity index (χ3v) is 5.66. The molecular weight excluding hydrogens is 403 g/mol. The Labute approximate surface area is 171 Å². The molecule has 1 heterocycles. The van der Waals surface area contributed by atoms with Gasteiger partial charge in [-0.25, -0.2) is 9.07 Å². The lowest BCUT2D eigenvalue weighted by atomic mass is 10.3. The number of halogens is 1. The van der Waals surface area contributed by atoms with Crippen molar-refractivity contribution in [2.75, 3.05) is 35.8 Å². The fraction of sp³-hybridized carbons (Fsp3) is 0.412. The zero-order valence-electron chi connectivity index (χ0n) is 15.7. The Balaban J connectivity index is 1.80. The lowest BCUT2D eigenvalue weighted by molar-refractivity contribution is -0.128. The maximum Gasteiger partial charge on any atom is 0.233 e. The maximum absolute atomic E-state index is 13.5. The molecule has 28 heavy (non-hydrogen) atoms. The number of anilines is 1. The van der Waals surface area contributed by atoms with Gasteiger partial charge in [0.05, 0.1) is 11.4 Å². The number of rotatable bonds is 10. The van der Waals surface area contributed by atoms with Crippen LogP contribution in [0.5, 0.6) is 0 Å². The molecule has 11 heteroatoms. The number of aromatic nitrogens is 3. The maximum atomic E-state index is 13.5. The second-order valence-electron chi connectivity index (χ2n) is 5.62. The monoisotopic (exact) mass is 426 g/mol. The van der Waals surface area contributed by atoms with Gasteiger partial charge in [-0.2, -0.15) is 0 Å². The molecule has 0 fully saturated rings. The summed E-state index contributed by atoms with van der Waals surface area (Å²) in [5.74, 6) is 5.82. The zero-order chi connectivity index (χ0) is 20.5. The van der Waals surface area contributed by atoms with Crippen LogP contribution in [0, 0.1) is 5.82 Å². The minimum atomic E-state index is -0.480. The van der Waals surface area contributed by atoms with E-state index in [1.807, 2.05) is 13.8 Å². The largest absolute Gasteiger partial charge is 0.343 e. The van der Waals surface area contributed by atoms with Crippen molar-refractivity contribution >= 4 is 41.0 Å². The first-order chi connectivity index (χ1) is 13.5. The van der Waals surface area contributed by atoms with Crippen LogP contribution in [0.1, 0.15) is 20.3 Å². The smallest absolute Gasteiger partial charge is 0.233 e. The van der Waals surface area contributed by atoms with E-state index in [1.54, 1.807) is 17.0 Å². The van der Waals surface area contributed by atoms with Crippen molar-refractivity contribution in [3.63, 3.8) is 0 Å². The number of carbonyl (C=O) groups is 2. The summed E-state index contributed by atoms with van der Waals surface area (Å²) >= 11 is 2.48. The Morgan fingerprint density at radius 1 is 1.18 bits per heavy atom. The van der Waals surface area contributed by atoms with Gasteiger partial charge in [0.15, 0.2) is 0 Å². The van der Waals surface area contributed by atoms with Crippen LogP contribution < -0.4 is 11.2 Å². The van der Waals surface area contributed by atoms with E-state index >= 15 is 0 Å². The molecule has 2 rings (SSSR count). The van der Waals surface area contributed by atoms with E-state index in [4.69, 9.17) is 5.84 Å². The average molecular weight is 427 g/mol. The van der Waals surface area contributed by atoms with Crippen LogP contribution in [-0.2, 0) is 9.59 Å². The summed E-state index contributed by atoms with van der Waals surface area (Å²) in [7, 11) is 0. The normalized spacial score (nSPS) is 10.7. The molecule has 0 radical (unpaired) electrons. The van der Waals surface area contributed by atoms with Gasteiger partial charge < -0.3 is 16.1 Å². The number of carbonyl (C=O) groups excluding carboxylic acids is 2. The second kappa shape index (κ2) is 10.9. The topological polar surface area (TPSA) is 106 Å². The molecule has 0 aliphatic heterocycles.